The van der Waals surface area contributed by atoms with Crippen molar-refractivity contribution in [1.29, 1.82) is 0 Å². The van der Waals surface area contributed by atoms with Gasteiger partial charge in [-0.05, 0) is 37.9 Å². The van der Waals surface area contributed by atoms with Gasteiger partial charge in [0.05, 0.1) is 0 Å². The van der Waals surface area contributed by atoms with Crippen molar-refractivity contribution in [3.8, 4) is 5.75 Å². The zero-order valence-corrected chi connectivity index (χ0v) is 7.68. The van der Waals surface area contributed by atoms with Crippen LogP contribution < -0.4 is 5.73 Å². The average molecular weight is 183 g/mol. The maximum atomic E-state index is 13.4. The molecule has 0 bridgehead atoms. The molecule has 0 aliphatic rings. The smallest absolute Gasteiger partial charge is 0.132 e. The van der Waals surface area contributed by atoms with Gasteiger partial charge in [-0.2, -0.15) is 0 Å². The van der Waals surface area contributed by atoms with Crippen LogP contribution in [0.25, 0.3) is 0 Å². The van der Waals surface area contributed by atoms with Crippen LogP contribution in [0.3, 0.4) is 0 Å². The first-order chi connectivity index (χ1) is 6.16. The lowest BCUT2D eigenvalue weighted by atomic mass is 10.0. The van der Waals surface area contributed by atoms with E-state index in [4.69, 9.17) is 5.73 Å². The van der Waals surface area contributed by atoms with Gasteiger partial charge in [0.2, 0.25) is 0 Å². The van der Waals surface area contributed by atoms with Crippen LogP contribution in [-0.4, -0.2) is 11.7 Å². The van der Waals surface area contributed by atoms with Crippen LogP contribution in [0.5, 0.6) is 5.75 Å². The highest BCUT2D eigenvalue weighted by molar-refractivity contribution is 5.37. The first-order valence-electron chi connectivity index (χ1n) is 4.34. The molecular weight excluding hydrogens is 169 g/mol. The molecule has 0 saturated carbocycles. The molecule has 0 aliphatic heterocycles. The third-order valence-corrected chi connectivity index (χ3v) is 2.04. The van der Waals surface area contributed by atoms with E-state index in [1.807, 2.05) is 0 Å². The number of aryl methyl sites for hydroxylation is 1. The molecule has 0 spiro atoms. The number of hydrogen-bond acceptors (Lipinski definition) is 2. The van der Waals surface area contributed by atoms with E-state index in [1.165, 1.54) is 6.07 Å². The van der Waals surface area contributed by atoms with Gasteiger partial charge in [0.25, 0.3) is 0 Å². The first kappa shape index (κ1) is 9.99. The Hall–Kier alpha value is -1.09. The average Bonchev–Trinajstić information content (AvgIpc) is 2.12. The van der Waals surface area contributed by atoms with E-state index in [0.717, 1.165) is 0 Å². The van der Waals surface area contributed by atoms with Crippen molar-refractivity contribution in [2.75, 3.05) is 6.54 Å². The van der Waals surface area contributed by atoms with E-state index in [1.54, 1.807) is 13.0 Å². The topological polar surface area (TPSA) is 46.2 Å². The molecule has 3 heteroatoms. The maximum Gasteiger partial charge on any atom is 0.132 e. The van der Waals surface area contributed by atoms with Crippen molar-refractivity contribution < 1.29 is 9.50 Å². The third kappa shape index (κ3) is 2.18. The lowest BCUT2D eigenvalue weighted by Gasteiger charge is -2.06. The van der Waals surface area contributed by atoms with Crippen molar-refractivity contribution in [2.24, 2.45) is 5.73 Å². The first-order valence-corrected chi connectivity index (χ1v) is 4.34. The Balaban J connectivity index is 2.96. The fraction of sp³-hybridized carbons (Fsp3) is 0.400. The summed E-state index contributed by atoms with van der Waals surface area (Å²) in [5.74, 6) is -0.287. The van der Waals surface area contributed by atoms with Crippen LogP contribution in [0.1, 0.15) is 17.5 Å². The summed E-state index contributed by atoms with van der Waals surface area (Å²) in [4.78, 5) is 0. The molecule has 0 unspecified atom stereocenters. The molecule has 1 aromatic rings. The van der Waals surface area contributed by atoms with Crippen molar-refractivity contribution in [1.82, 2.24) is 0 Å². The SMILES string of the molecule is Cc1ccc(O)c(CCCN)c1F. The molecule has 1 aromatic carbocycles. The Morgan fingerprint density at radius 1 is 1.46 bits per heavy atom. The molecule has 0 aliphatic carbocycles. The molecule has 0 fully saturated rings. The third-order valence-electron chi connectivity index (χ3n) is 2.04. The van der Waals surface area contributed by atoms with Gasteiger partial charge < -0.3 is 10.8 Å². The minimum atomic E-state index is -0.312. The van der Waals surface area contributed by atoms with Crippen LogP contribution >= 0.6 is 0 Å². The van der Waals surface area contributed by atoms with Crippen LogP contribution in [0.2, 0.25) is 0 Å². The Morgan fingerprint density at radius 2 is 2.15 bits per heavy atom. The Kier molecular flexibility index (Phi) is 3.25. The van der Waals surface area contributed by atoms with Gasteiger partial charge in [0, 0.05) is 5.56 Å². The van der Waals surface area contributed by atoms with Crippen molar-refractivity contribution in [2.45, 2.75) is 19.8 Å². The molecule has 0 heterocycles. The molecule has 0 radical (unpaired) electrons. The molecule has 0 saturated heterocycles. The summed E-state index contributed by atoms with van der Waals surface area (Å²) >= 11 is 0. The second-order valence-corrected chi connectivity index (χ2v) is 3.09. The monoisotopic (exact) mass is 183 g/mol. The summed E-state index contributed by atoms with van der Waals surface area (Å²) in [6.45, 7) is 2.19. The van der Waals surface area contributed by atoms with Crippen LogP contribution in [-0.2, 0) is 6.42 Å². The van der Waals surface area contributed by atoms with E-state index in [9.17, 15) is 9.50 Å². The minimum absolute atomic E-state index is 0.0246. The second kappa shape index (κ2) is 4.23. The zero-order chi connectivity index (χ0) is 9.84. The minimum Gasteiger partial charge on any atom is -0.508 e. The zero-order valence-electron chi connectivity index (χ0n) is 7.68. The van der Waals surface area contributed by atoms with Gasteiger partial charge in [0.15, 0.2) is 0 Å². The molecule has 0 amide bonds. The van der Waals surface area contributed by atoms with Crippen LogP contribution in [0, 0.1) is 12.7 Å². The van der Waals surface area contributed by atoms with Crippen molar-refractivity contribution in [3.63, 3.8) is 0 Å². The van der Waals surface area contributed by atoms with Gasteiger partial charge in [-0.3, -0.25) is 0 Å². The molecule has 1 rings (SSSR count). The highest BCUT2D eigenvalue weighted by Gasteiger charge is 2.09. The summed E-state index contributed by atoms with van der Waals surface area (Å²) in [5.41, 5.74) is 6.25. The largest absolute Gasteiger partial charge is 0.508 e. The number of rotatable bonds is 3. The molecule has 2 nitrogen and oxygen atoms in total. The lowest BCUT2D eigenvalue weighted by Crippen LogP contribution is -2.02. The quantitative estimate of drug-likeness (QED) is 0.749. The van der Waals surface area contributed by atoms with E-state index >= 15 is 0 Å². The Labute approximate surface area is 77.2 Å². The van der Waals surface area contributed by atoms with Gasteiger partial charge in [-0.25, -0.2) is 4.39 Å². The van der Waals surface area contributed by atoms with Gasteiger partial charge >= 0.3 is 0 Å². The fourth-order valence-corrected chi connectivity index (χ4v) is 1.24. The number of hydrogen-bond donors (Lipinski definition) is 2. The van der Waals surface area contributed by atoms with Gasteiger partial charge in [-0.1, -0.05) is 6.07 Å². The standard InChI is InChI=1S/C10H14FNO/c1-7-4-5-9(13)8(10(7)11)3-2-6-12/h4-5,13H,2-3,6,12H2,1H3. The fourth-order valence-electron chi connectivity index (χ4n) is 1.24. The van der Waals surface area contributed by atoms with E-state index in [0.29, 0.717) is 30.5 Å². The van der Waals surface area contributed by atoms with Crippen LogP contribution in [0.4, 0.5) is 4.39 Å². The molecular formula is C10H14FNO. The molecule has 72 valence electrons. The summed E-state index contributed by atoms with van der Waals surface area (Å²) in [7, 11) is 0. The van der Waals surface area contributed by atoms with E-state index < -0.39 is 0 Å². The highest BCUT2D eigenvalue weighted by Crippen LogP contribution is 2.23. The molecule has 13 heavy (non-hydrogen) atoms. The number of phenolic OH excluding ortho intramolecular Hbond substituents is 1. The predicted molar refractivity (Wildman–Crippen MR) is 50.2 cm³/mol. The summed E-state index contributed by atoms with van der Waals surface area (Å²) in [6.07, 6.45) is 1.18. The van der Waals surface area contributed by atoms with Crippen molar-refractivity contribution >= 4 is 0 Å². The predicted octanol–water partition coefficient (Wildman–Crippen LogP) is 1.73. The number of phenols is 1. The maximum absolute atomic E-state index is 13.4. The second-order valence-electron chi connectivity index (χ2n) is 3.09. The normalized spacial score (nSPS) is 10.4. The van der Waals surface area contributed by atoms with Crippen LogP contribution in [0.15, 0.2) is 12.1 Å². The number of aromatic hydroxyl groups is 1. The molecule has 3 N–H and O–H groups in total. The lowest BCUT2D eigenvalue weighted by molar-refractivity contribution is 0.456. The van der Waals surface area contributed by atoms with E-state index in [2.05, 4.69) is 0 Å². The molecule has 0 aromatic heterocycles. The number of nitrogens with two attached hydrogens (primary N) is 1. The summed E-state index contributed by atoms with van der Waals surface area (Å²) in [6, 6.07) is 3.08. The number of benzene rings is 1. The van der Waals surface area contributed by atoms with Crippen molar-refractivity contribution in [3.05, 3.63) is 29.1 Å². The molecule has 0 atom stereocenters. The summed E-state index contributed by atoms with van der Waals surface area (Å²) < 4.78 is 13.4. The van der Waals surface area contributed by atoms with E-state index in [-0.39, 0.29) is 11.6 Å². The highest BCUT2D eigenvalue weighted by atomic mass is 19.1. The van der Waals surface area contributed by atoms with Gasteiger partial charge in [-0.15, -0.1) is 0 Å². The Morgan fingerprint density at radius 3 is 2.77 bits per heavy atom. The van der Waals surface area contributed by atoms with Gasteiger partial charge in [0.1, 0.15) is 11.6 Å². The Bertz CT molecular complexity index is 299. The number of halogens is 1. The summed E-state index contributed by atoms with van der Waals surface area (Å²) in [5, 5.41) is 9.36.